The molecule has 9 heteroatoms. The maximum absolute atomic E-state index is 11.7. The Bertz CT molecular complexity index is 679. The van der Waals surface area contributed by atoms with Crippen molar-refractivity contribution in [3.05, 3.63) is 16.8 Å². The van der Waals surface area contributed by atoms with Gasteiger partial charge in [-0.2, -0.15) is 4.98 Å². The molecule has 2 aromatic heterocycles. The van der Waals surface area contributed by atoms with Gasteiger partial charge < -0.3 is 19.7 Å². The summed E-state index contributed by atoms with van der Waals surface area (Å²) in [6.07, 6.45) is 0.416. The van der Waals surface area contributed by atoms with Crippen LogP contribution in [0.15, 0.2) is 10.6 Å². The molecule has 0 saturated carbocycles. The second kappa shape index (κ2) is 7.03. The van der Waals surface area contributed by atoms with Gasteiger partial charge in [-0.05, 0) is 13.0 Å². The van der Waals surface area contributed by atoms with E-state index in [1.165, 1.54) is 7.11 Å². The van der Waals surface area contributed by atoms with Crippen LogP contribution in [0, 0.1) is 0 Å². The van der Waals surface area contributed by atoms with Crippen molar-refractivity contribution >= 4 is 28.3 Å². The molecule has 0 aliphatic carbocycles. The first-order valence-electron chi connectivity index (χ1n) is 6.51. The number of nitrogens with two attached hydrogens (primary N) is 1. The monoisotopic (exact) mass is 325 g/mol. The first-order valence-corrected chi connectivity index (χ1v) is 7.33. The Hall–Kier alpha value is -2.42. The van der Waals surface area contributed by atoms with Gasteiger partial charge in [-0.3, -0.25) is 4.79 Å². The molecule has 0 radical (unpaired) electrons. The molecule has 2 rings (SSSR count). The third kappa shape index (κ3) is 3.61. The summed E-state index contributed by atoms with van der Waals surface area (Å²) >= 11 is 1.10. The molecule has 2 heterocycles. The van der Waals surface area contributed by atoms with Crippen LogP contribution in [0.2, 0.25) is 0 Å². The highest BCUT2D eigenvalue weighted by molar-refractivity contribution is 7.18. The van der Waals surface area contributed by atoms with Gasteiger partial charge in [-0.1, -0.05) is 5.16 Å². The molecule has 8 nitrogen and oxygen atoms in total. The second-order valence-corrected chi connectivity index (χ2v) is 5.28. The minimum absolute atomic E-state index is 0.144. The lowest BCUT2D eigenvalue weighted by Gasteiger charge is -1.95. The van der Waals surface area contributed by atoms with Gasteiger partial charge in [-0.25, -0.2) is 4.79 Å². The number of nitrogens with zero attached hydrogens (tertiary/aromatic N) is 2. The summed E-state index contributed by atoms with van der Waals surface area (Å²) in [5.74, 6) is -0.243. The average Bonchev–Trinajstić information content (AvgIpc) is 3.11. The zero-order valence-corrected chi connectivity index (χ0v) is 12.9. The number of rotatable bonds is 6. The van der Waals surface area contributed by atoms with Crippen molar-refractivity contribution in [2.75, 3.05) is 19.5 Å². The molecule has 0 aliphatic heterocycles. The van der Waals surface area contributed by atoms with Crippen molar-refractivity contribution in [2.45, 2.75) is 19.8 Å². The quantitative estimate of drug-likeness (QED) is 0.797. The first kappa shape index (κ1) is 16.0. The van der Waals surface area contributed by atoms with Crippen LogP contribution in [0.3, 0.4) is 0 Å². The van der Waals surface area contributed by atoms with Crippen LogP contribution in [-0.4, -0.2) is 35.8 Å². The maximum Gasteiger partial charge on any atom is 0.348 e. The lowest BCUT2D eigenvalue weighted by molar-refractivity contribution is -0.140. The van der Waals surface area contributed by atoms with Crippen LogP contribution < -0.4 is 5.73 Å². The lowest BCUT2D eigenvalue weighted by Crippen LogP contribution is -2.02. The van der Waals surface area contributed by atoms with Gasteiger partial charge in [0, 0.05) is 6.42 Å². The van der Waals surface area contributed by atoms with E-state index in [1.807, 2.05) is 0 Å². The van der Waals surface area contributed by atoms with Gasteiger partial charge in [0.1, 0.15) is 4.88 Å². The zero-order valence-electron chi connectivity index (χ0n) is 12.1. The lowest BCUT2D eigenvalue weighted by atomic mass is 10.2. The summed E-state index contributed by atoms with van der Waals surface area (Å²) in [7, 11) is 1.31. The molecule has 0 aromatic carbocycles. The first-order chi connectivity index (χ1) is 10.5. The summed E-state index contributed by atoms with van der Waals surface area (Å²) in [5.41, 5.74) is 6.38. The number of hydrogen-bond acceptors (Lipinski definition) is 9. The van der Waals surface area contributed by atoms with Crippen LogP contribution in [0.1, 0.15) is 28.9 Å². The molecule has 0 saturated heterocycles. The van der Waals surface area contributed by atoms with Crippen molar-refractivity contribution in [1.29, 1.82) is 0 Å². The number of carbonyl (C=O) groups is 2. The molecule has 0 spiro atoms. The molecule has 2 aromatic rings. The van der Waals surface area contributed by atoms with Crippen LogP contribution in [0.5, 0.6) is 0 Å². The normalized spacial score (nSPS) is 10.5. The number of aromatic nitrogens is 2. The molecular weight excluding hydrogens is 310 g/mol. The standard InChI is InChI=1S/C13H15N3O5S/c1-3-20-13(18)8-6-7(11(14)22-8)12-15-9(21-16-12)4-5-10(17)19-2/h6H,3-5,14H2,1-2H3. The highest BCUT2D eigenvalue weighted by atomic mass is 32.1. The Morgan fingerprint density at radius 2 is 2.23 bits per heavy atom. The van der Waals surface area contributed by atoms with Crippen LogP contribution >= 0.6 is 11.3 Å². The molecule has 0 atom stereocenters. The third-order valence-corrected chi connectivity index (χ3v) is 3.66. The molecule has 0 fully saturated rings. The largest absolute Gasteiger partial charge is 0.469 e. The maximum atomic E-state index is 11.7. The number of hydrogen-bond donors (Lipinski definition) is 1. The molecule has 0 amide bonds. The average molecular weight is 325 g/mol. The summed E-state index contributed by atoms with van der Waals surface area (Å²) in [6, 6.07) is 1.56. The predicted octanol–water partition coefficient (Wildman–Crippen LogP) is 1.66. The molecule has 0 bridgehead atoms. The van der Waals surface area contributed by atoms with E-state index >= 15 is 0 Å². The van der Waals surface area contributed by atoms with E-state index in [-0.39, 0.29) is 31.2 Å². The van der Waals surface area contributed by atoms with Gasteiger partial charge in [0.2, 0.25) is 11.7 Å². The fourth-order valence-corrected chi connectivity index (χ4v) is 2.48. The third-order valence-electron chi connectivity index (χ3n) is 2.72. The molecule has 0 unspecified atom stereocenters. The number of anilines is 1. The number of carbonyl (C=O) groups excluding carboxylic acids is 2. The molecule has 2 N–H and O–H groups in total. The fourth-order valence-electron chi connectivity index (χ4n) is 1.66. The number of methoxy groups -OCH3 is 1. The van der Waals surface area contributed by atoms with E-state index in [4.69, 9.17) is 15.0 Å². The Kier molecular flexibility index (Phi) is 5.10. The Morgan fingerprint density at radius 3 is 2.91 bits per heavy atom. The number of thiophene rings is 1. The van der Waals surface area contributed by atoms with Crippen LogP contribution in [-0.2, 0) is 20.7 Å². The summed E-state index contributed by atoms with van der Waals surface area (Å²) in [4.78, 5) is 27.3. The van der Waals surface area contributed by atoms with Crippen LogP contribution in [0.4, 0.5) is 5.00 Å². The second-order valence-electron chi connectivity index (χ2n) is 4.20. The summed E-state index contributed by atoms with van der Waals surface area (Å²) in [6.45, 7) is 2.01. The van der Waals surface area contributed by atoms with E-state index in [9.17, 15) is 9.59 Å². The number of esters is 2. The van der Waals surface area contributed by atoms with Crippen molar-refractivity contribution in [3.63, 3.8) is 0 Å². The van der Waals surface area contributed by atoms with Gasteiger partial charge in [0.25, 0.3) is 0 Å². The van der Waals surface area contributed by atoms with Gasteiger partial charge >= 0.3 is 11.9 Å². The smallest absolute Gasteiger partial charge is 0.348 e. The Labute approximate surface area is 130 Å². The molecule has 0 aliphatic rings. The van der Waals surface area contributed by atoms with Crippen molar-refractivity contribution < 1.29 is 23.6 Å². The Morgan fingerprint density at radius 1 is 1.45 bits per heavy atom. The topological polar surface area (TPSA) is 118 Å². The van der Waals surface area contributed by atoms with Gasteiger partial charge in [0.05, 0.1) is 30.7 Å². The summed E-state index contributed by atoms with van der Waals surface area (Å²) in [5, 5.41) is 4.20. The number of ether oxygens (including phenoxy) is 2. The van der Waals surface area contributed by atoms with E-state index in [2.05, 4.69) is 14.9 Å². The predicted molar refractivity (Wildman–Crippen MR) is 78.3 cm³/mol. The van der Waals surface area contributed by atoms with Crippen molar-refractivity contribution in [3.8, 4) is 11.4 Å². The van der Waals surface area contributed by atoms with Crippen LogP contribution in [0.25, 0.3) is 11.4 Å². The minimum Gasteiger partial charge on any atom is -0.469 e. The summed E-state index contributed by atoms with van der Waals surface area (Å²) < 4.78 is 14.5. The number of nitrogen functional groups attached to an aromatic ring is 1. The van der Waals surface area contributed by atoms with E-state index < -0.39 is 5.97 Å². The molecule has 22 heavy (non-hydrogen) atoms. The SMILES string of the molecule is CCOC(=O)c1cc(-c2noc(CCC(=O)OC)n2)c(N)s1. The number of aryl methyl sites for hydroxylation is 1. The van der Waals surface area contributed by atoms with Gasteiger partial charge in [0.15, 0.2) is 0 Å². The van der Waals surface area contributed by atoms with E-state index in [1.54, 1.807) is 13.0 Å². The zero-order chi connectivity index (χ0) is 16.1. The molecular formula is C13H15N3O5S. The minimum atomic E-state index is -0.445. The van der Waals surface area contributed by atoms with E-state index in [0.717, 1.165) is 11.3 Å². The van der Waals surface area contributed by atoms with Gasteiger partial charge in [-0.15, -0.1) is 11.3 Å². The fraction of sp³-hybridized carbons (Fsp3) is 0.385. The van der Waals surface area contributed by atoms with Crippen molar-refractivity contribution in [1.82, 2.24) is 10.1 Å². The molecule has 118 valence electrons. The van der Waals surface area contributed by atoms with Crippen molar-refractivity contribution in [2.24, 2.45) is 0 Å². The Balaban J connectivity index is 2.13. The highest BCUT2D eigenvalue weighted by Crippen LogP contribution is 2.32. The van der Waals surface area contributed by atoms with E-state index in [0.29, 0.717) is 21.3 Å². The highest BCUT2D eigenvalue weighted by Gasteiger charge is 2.19.